The predicted octanol–water partition coefficient (Wildman–Crippen LogP) is 4.86. The van der Waals surface area contributed by atoms with E-state index in [4.69, 9.17) is 19.7 Å². The Labute approximate surface area is 198 Å². The van der Waals surface area contributed by atoms with Gasteiger partial charge in [-0.1, -0.05) is 72.8 Å². The fraction of sp³-hybridized carbons (Fsp3) is 0.143. The molecule has 0 heterocycles. The number of para-hydroxylation sites is 4. The first-order valence-corrected chi connectivity index (χ1v) is 10.9. The summed E-state index contributed by atoms with van der Waals surface area (Å²) < 4.78 is 10.9. The summed E-state index contributed by atoms with van der Waals surface area (Å²) in [7, 11) is 0. The first kappa shape index (κ1) is 24.6. The highest BCUT2D eigenvalue weighted by molar-refractivity contribution is 5.76. The Morgan fingerprint density at radius 2 is 0.765 bits per heavy atom. The van der Waals surface area contributed by atoms with E-state index in [0.717, 1.165) is 22.3 Å². The molecule has 176 valence electrons. The monoisotopic (exact) mass is 460 g/mol. The van der Waals surface area contributed by atoms with E-state index in [-0.39, 0.29) is 37.9 Å². The Kier molecular flexibility index (Phi) is 9.34. The highest BCUT2D eigenvalue weighted by Crippen LogP contribution is 2.36. The highest BCUT2D eigenvalue weighted by atomic mass is 16.5. The summed E-state index contributed by atoms with van der Waals surface area (Å²) in [5, 5.41) is 37.2. The van der Waals surface area contributed by atoms with Gasteiger partial charge >= 0.3 is 0 Å². The Balaban J connectivity index is 0.000000191. The van der Waals surface area contributed by atoms with E-state index in [1.165, 1.54) is 0 Å². The van der Waals surface area contributed by atoms with Crippen LogP contribution in [-0.2, 0) is 0 Å². The van der Waals surface area contributed by atoms with Crippen LogP contribution in [0.5, 0.6) is 23.0 Å². The zero-order valence-electron chi connectivity index (χ0n) is 18.7. The van der Waals surface area contributed by atoms with Gasteiger partial charge in [-0.15, -0.1) is 0 Å². The summed E-state index contributed by atoms with van der Waals surface area (Å²) >= 11 is 0. The molecule has 0 aliphatic heterocycles. The van der Waals surface area contributed by atoms with Crippen LogP contribution in [0.4, 0.5) is 0 Å². The van der Waals surface area contributed by atoms with Crippen molar-refractivity contribution in [3.05, 3.63) is 97.1 Å². The van der Waals surface area contributed by atoms with Gasteiger partial charge in [-0.05, 0) is 24.3 Å². The van der Waals surface area contributed by atoms with Gasteiger partial charge in [-0.2, -0.15) is 0 Å². The normalized spacial score (nSPS) is 10.2. The van der Waals surface area contributed by atoms with Gasteiger partial charge in [0.15, 0.2) is 0 Å². The quantitative estimate of drug-likeness (QED) is 0.300. The predicted molar refractivity (Wildman–Crippen MR) is 132 cm³/mol. The Morgan fingerprint density at radius 1 is 0.441 bits per heavy atom. The smallest absolute Gasteiger partial charge is 0.127 e. The summed E-state index contributed by atoms with van der Waals surface area (Å²) in [5.41, 5.74) is 3.08. The third kappa shape index (κ3) is 6.51. The number of aromatic hydroxyl groups is 2. The lowest BCUT2D eigenvalue weighted by molar-refractivity contribution is 0.202. The number of phenols is 2. The van der Waals surface area contributed by atoms with E-state index in [2.05, 4.69) is 0 Å². The van der Waals surface area contributed by atoms with E-state index in [9.17, 15) is 10.2 Å². The maximum absolute atomic E-state index is 9.81. The number of aliphatic hydroxyl groups excluding tert-OH is 2. The summed E-state index contributed by atoms with van der Waals surface area (Å²) in [6, 6.07) is 29.1. The van der Waals surface area contributed by atoms with Crippen molar-refractivity contribution in [3.8, 4) is 45.3 Å². The van der Waals surface area contributed by atoms with Crippen LogP contribution in [0.1, 0.15) is 0 Å². The van der Waals surface area contributed by atoms with E-state index in [0.29, 0.717) is 11.5 Å². The molecule has 0 saturated heterocycles. The van der Waals surface area contributed by atoms with Crippen LogP contribution in [0.15, 0.2) is 97.1 Å². The van der Waals surface area contributed by atoms with E-state index in [1.54, 1.807) is 24.3 Å². The molecule has 4 N–H and O–H groups in total. The van der Waals surface area contributed by atoms with Crippen molar-refractivity contribution in [3.63, 3.8) is 0 Å². The number of aliphatic hydroxyl groups is 2. The molecule has 0 aliphatic carbocycles. The molecule has 0 aromatic heterocycles. The van der Waals surface area contributed by atoms with Crippen LogP contribution in [-0.4, -0.2) is 46.9 Å². The van der Waals surface area contributed by atoms with Crippen LogP contribution in [0.25, 0.3) is 22.3 Å². The molecule has 0 aliphatic rings. The standard InChI is InChI=1S/2C14H14O3/c2*15-9-10-17-14-8-4-2-6-12(14)11-5-1-3-7-13(11)16/h2*1-8,15-16H,9-10H2. The minimum Gasteiger partial charge on any atom is -0.507 e. The lowest BCUT2D eigenvalue weighted by atomic mass is 10.0. The number of hydrogen-bond donors (Lipinski definition) is 4. The summed E-state index contributed by atoms with van der Waals surface area (Å²) in [6.45, 7) is 0.416. The van der Waals surface area contributed by atoms with Crippen molar-refractivity contribution < 1.29 is 29.9 Å². The molecule has 6 heteroatoms. The molecule has 0 radical (unpaired) electrons. The van der Waals surface area contributed by atoms with Gasteiger partial charge in [0.25, 0.3) is 0 Å². The van der Waals surface area contributed by atoms with Gasteiger partial charge in [0.1, 0.15) is 36.2 Å². The second-order valence-electron chi connectivity index (χ2n) is 7.17. The molecule has 34 heavy (non-hydrogen) atoms. The largest absolute Gasteiger partial charge is 0.507 e. The number of ether oxygens (including phenoxy) is 2. The van der Waals surface area contributed by atoms with Gasteiger partial charge in [-0.25, -0.2) is 0 Å². The van der Waals surface area contributed by atoms with Crippen LogP contribution in [0.2, 0.25) is 0 Å². The molecule has 0 spiro atoms. The van der Waals surface area contributed by atoms with Crippen LogP contribution < -0.4 is 9.47 Å². The SMILES string of the molecule is OCCOc1ccccc1-c1ccccc1O.OCCOc1ccccc1-c1ccccc1O. The molecule has 4 aromatic rings. The molecule has 0 amide bonds. The van der Waals surface area contributed by atoms with Crippen molar-refractivity contribution >= 4 is 0 Å². The Bertz CT molecular complexity index is 1080. The first-order valence-electron chi connectivity index (χ1n) is 10.9. The fourth-order valence-corrected chi connectivity index (χ4v) is 3.34. The van der Waals surface area contributed by atoms with Crippen molar-refractivity contribution in [1.29, 1.82) is 0 Å². The number of hydrogen-bond acceptors (Lipinski definition) is 6. The lowest BCUT2D eigenvalue weighted by Crippen LogP contribution is -2.02. The van der Waals surface area contributed by atoms with Crippen molar-refractivity contribution in [2.24, 2.45) is 0 Å². The molecule has 0 saturated carbocycles. The maximum atomic E-state index is 9.81. The van der Waals surface area contributed by atoms with E-state index >= 15 is 0 Å². The summed E-state index contributed by atoms with van der Waals surface area (Å²) in [6.07, 6.45) is 0. The second-order valence-corrected chi connectivity index (χ2v) is 7.17. The van der Waals surface area contributed by atoms with Gasteiger partial charge in [0, 0.05) is 22.3 Å². The highest BCUT2D eigenvalue weighted by Gasteiger charge is 2.10. The summed E-state index contributed by atoms with van der Waals surface area (Å²) in [4.78, 5) is 0. The molecule has 6 nitrogen and oxygen atoms in total. The minimum absolute atomic E-state index is 0.0326. The third-order valence-corrected chi connectivity index (χ3v) is 4.86. The van der Waals surface area contributed by atoms with Gasteiger partial charge in [0.2, 0.25) is 0 Å². The Hall–Kier alpha value is -4.00. The first-order chi connectivity index (χ1) is 16.7. The maximum Gasteiger partial charge on any atom is 0.127 e. The third-order valence-electron chi connectivity index (χ3n) is 4.86. The van der Waals surface area contributed by atoms with Crippen molar-refractivity contribution in [1.82, 2.24) is 0 Å². The Morgan fingerprint density at radius 3 is 1.12 bits per heavy atom. The molecule has 0 atom stereocenters. The lowest BCUT2D eigenvalue weighted by Gasteiger charge is -2.11. The summed E-state index contributed by atoms with van der Waals surface area (Å²) in [5.74, 6) is 1.74. The topological polar surface area (TPSA) is 99.4 Å². The molecular formula is C28H28O6. The molecule has 0 bridgehead atoms. The van der Waals surface area contributed by atoms with Gasteiger partial charge < -0.3 is 29.9 Å². The number of phenolic OH excluding ortho intramolecular Hbond substituents is 2. The molecule has 4 aromatic carbocycles. The average Bonchev–Trinajstić information content (AvgIpc) is 2.88. The van der Waals surface area contributed by atoms with Crippen LogP contribution in [0, 0.1) is 0 Å². The van der Waals surface area contributed by atoms with Crippen molar-refractivity contribution in [2.75, 3.05) is 26.4 Å². The molecule has 0 unspecified atom stereocenters. The zero-order valence-corrected chi connectivity index (χ0v) is 18.7. The number of rotatable bonds is 8. The molecule has 0 fully saturated rings. The van der Waals surface area contributed by atoms with E-state index in [1.807, 2.05) is 72.8 Å². The number of benzene rings is 4. The fourth-order valence-electron chi connectivity index (χ4n) is 3.34. The van der Waals surface area contributed by atoms with E-state index < -0.39 is 0 Å². The van der Waals surface area contributed by atoms with Crippen LogP contribution >= 0.6 is 0 Å². The minimum atomic E-state index is -0.0326. The van der Waals surface area contributed by atoms with Gasteiger partial charge in [-0.3, -0.25) is 0 Å². The van der Waals surface area contributed by atoms with Gasteiger partial charge in [0.05, 0.1) is 13.2 Å². The second kappa shape index (κ2) is 12.9. The zero-order chi connectivity index (χ0) is 24.2. The average molecular weight is 461 g/mol. The molecule has 4 rings (SSSR count). The molecular weight excluding hydrogens is 432 g/mol. The van der Waals surface area contributed by atoms with Crippen LogP contribution in [0.3, 0.4) is 0 Å². The van der Waals surface area contributed by atoms with Crippen molar-refractivity contribution in [2.45, 2.75) is 0 Å².